The van der Waals surface area contributed by atoms with Crippen molar-refractivity contribution < 1.29 is 13.2 Å². The number of unbranched alkanes of at least 4 members (excludes halogenated alkanes) is 2. The third-order valence-corrected chi connectivity index (χ3v) is 5.99. The average Bonchev–Trinajstić information content (AvgIpc) is 3.17. The molecule has 0 atom stereocenters. The standard InChI is InChI=1S/C21H24N2O3S/c1-3-4-5-16-26-19-10-8-18(9-11-19)21-22-14-15-23(21)27(24,25)20-12-6-17(2)7-13-20/h6-15H,3-5,16H2,1-2H3. The Labute approximate surface area is 160 Å². The van der Waals surface area contributed by atoms with Crippen molar-refractivity contribution in [1.82, 2.24) is 8.96 Å². The van der Waals surface area contributed by atoms with Crippen LogP contribution in [0, 0.1) is 6.92 Å². The van der Waals surface area contributed by atoms with Gasteiger partial charge in [0.1, 0.15) is 5.75 Å². The molecule has 3 rings (SSSR count). The quantitative estimate of drug-likeness (QED) is 0.530. The molecular weight excluding hydrogens is 360 g/mol. The molecule has 2 aromatic carbocycles. The van der Waals surface area contributed by atoms with Gasteiger partial charge in [-0.15, -0.1) is 0 Å². The predicted molar refractivity (Wildman–Crippen MR) is 106 cm³/mol. The van der Waals surface area contributed by atoms with Gasteiger partial charge in [-0.3, -0.25) is 0 Å². The van der Waals surface area contributed by atoms with Gasteiger partial charge in [0, 0.05) is 18.0 Å². The van der Waals surface area contributed by atoms with Crippen LogP contribution in [0.25, 0.3) is 11.4 Å². The first-order chi connectivity index (χ1) is 13.0. The minimum absolute atomic E-state index is 0.239. The van der Waals surface area contributed by atoms with E-state index in [9.17, 15) is 8.42 Å². The van der Waals surface area contributed by atoms with Crippen molar-refractivity contribution >= 4 is 10.0 Å². The topological polar surface area (TPSA) is 61.2 Å². The maximum atomic E-state index is 13.0. The minimum Gasteiger partial charge on any atom is -0.494 e. The number of ether oxygens (including phenoxy) is 1. The Morgan fingerprint density at radius 3 is 2.37 bits per heavy atom. The highest BCUT2D eigenvalue weighted by Crippen LogP contribution is 2.25. The molecule has 1 heterocycles. The zero-order chi connectivity index (χ0) is 19.3. The normalized spacial score (nSPS) is 11.5. The number of hydrogen-bond acceptors (Lipinski definition) is 4. The van der Waals surface area contributed by atoms with Gasteiger partial charge in [0.2, 0.25) is 0 Å². The second kappa shape index (κ2) is 8.39. The van der Waals surface area contributed by atoms with Crippen molar-refractivity contribution in [3.05, 3.63) is 66.5 Å². The van der Waals surface area contributed by atoms with Gasteiger partial charge in [-0.25, -0.2) is 17.4 Å². The second-order valence-electron chi connectivity index (χ2n) is 6.44. The lowest BCUT2D eigenvalue weighted by molar-refractivity contribution is 0.306. The van der Waals surface area contributed by atoms with Gasteiger partial charge >= 0.3 is 0 Å². The largest absolute Gasteiger partial charge is 0.494 e. The molecule has 1 aromatic heterocycles. The summed E-state index contributed by atoms with van der Waals surface area (Å²) in [6, 6.07) is 14.2. The summed E-state index contributed by atoms with van der Waals surface area (Å²) < 4.78 is 32.9. The third-order valence-electron chi connectivity index (χ3n) is 4.31. The molecule has 6 heteroatoms. The summed E-state index contributed by atoms with van der Waals surface area (Å²) in [6.45, 7) is 4.76. The van der Waals surface area contributed by atoms with Crippen molar-refractivity contribution in [1.29, 1.82) is 0 Å². The van der Waals surface area contributed by atoms with E-state index in [1.165, 1.54) is 16.4 Å². The average molecular weight is 385 g/mol. The number of benzene rings is 2. The highest BCUT2D eigenvalue weighted by molar-refractivity contribution is 7.90. The maximum absolute atomic E-state index is 13.0. The molecule has 0 aliphatic heterocycles. The second-order valence-corrected chi connectivity index (χ2v) is 8.26. The fraction of sp³-hybridized carbons (Fsp3) is 0.286. The summed E-state index contributed by atoms with van der Waals surface area (Å²) in [6.07, 6.45) is 6.29. The maximum Gasteiger partial charge on any atom is 0.269 e. The van der Waals surface area contributed by atoms with E-state index in [4.69, 9.17) is 4.74 Å². The van der Waals surface area contributed by atoms with Gasteiger partial charge in [0.05, 0.1) is 11.5 Å². The highest BCUT2D eigenvalue weighted by atomic mass is 32.2. The molecule has 27 heavy (non-hydrogen) atoms. The lowest BCUT2D eigenvalue weighted by atomic mass is 10.2. The monoisotopic (exact) mass is 384 g/mol. The van der Waals surface area contributed by atoms with Crippen molar-refractivity contribution in [2.24, 2.45) is 0 Å². The van der Waals surface area contributed by atoms with E-state index in [1.54, 1.807) is 24.3 Å². The Bertz CT molecular complexity index is 975. The zero-order valence-corrected chi connectivity index (χ0v) is 16.4. The molecule has 0 saturated heterocycles. The fourth-order valence-electron chi connectivity index (χ4n) is 2.75. The van der Waals surface area contributed by atoms with Crippen LogP contribution in [-0.4, -0.2) is 24.0 Å². The molecular formula is C21H24N2O3S. The lowest BCUT2D eigenvalue weighted by Gasteiger charge is -2.10. The Balaban J connectivity index is 1.83. The first-order valence-corrected chi connectivity index (χ1v) is 10.5. The van der Waals surface area contributed by atoms with E-state index >= 15 is 0 Å². The first-order valence-electron chi connectivity index (χ1n) is 9.11. The van der Waals surface area contributed by atoms with Gasteiger partial charge in [-0.1, -0.05) is 37.5 Å². The summed E-state index contributed by atoms with van der Waals surface area (Å²) in [5.41, 5.74) is 1.73. The summed E-state index contributed by atoms with van der Waals surface area (Å²) in [5, 5.41) is 0. The van der Waals surface area contributed by atoms with Crippen LogP contribution in [0.15, 0.2) is 65.8 Å². The summed E-state index contributed by atoms with van der Waals surface area (Å²) >= 11 is 0. The van der Waals surface area contributed by atoms with Crippen molar-refractivity contribution in [3.8, 4) is 17.1 Å². The highest BCUT2D eigenvalue weighted by Gasteiger charge is 2.21. The van der Waals surface area contributed by atoms with E-state index in [0.717, 1.165) is 36.1 Å². The van der Waals surface area contributed by atoms with E-state index < -0.39 is 10.0 Å². The summed E-state index contributed by atoms with van der Waals surface area (Å²) in [7, 11) is -3.70. The SMILES string of the molecule is CCCCCOc1ccc(-c2nccn2S(=O)(=O)c2ccc(C)cc2)cc1. The van der Waals surface area contributed by atoms with Gasteiger partial charge in [-0.05, 0) is 49.7 Å². The van der Waals surface area contributed by atoms with Gasteiger partial charge in [0.15, 0.2) is 5.82 Å². The Morgan fingerprint density at radius 1 is 1.00 bits per heavy atom. The van der Waals surface area contributed by atoms with Gasteiger partial charge in [-0.2, -0.15) is 0 Å². The van der Waals surface area contributed by atoms with Crippen LogP contribution in [0.2, 0.25) is 0 Å². The van der Waals surface area contributed by atoms with Crippen LogP contribution >= 0.6 is 0 Å². The molecule has 0 fully saturated rings. The van der Waals surface area contributed by atoms with E-state index in [0.29, 0.717) is 12.4 Å². The minimum atomic E-state index is -3.70. The number of aryl methyl sites for hydroxylation is 1. The molecule has 0 radical (unpaired) electrons. The molecule has 3 aromatic rings. The van der Waals surface area contributed by atoms with Crippen molar-refractivity contribution in [3.63, 3.8) is 0 Å². The molecule has 0 amide bonds. The van der Waals surface area contributed by atoms with Crippen molar-refractivity contribution in [2.75, 3.05) is 6.61 Å². The van der Waals surface area contributed by atoms with E-state index in [2.05, 4.69) is 11.9 Å². The molecule has 0 spiro atoms. The van der Waals surface area contributed by atoms with Crippen LogP contribution in [-0.2, 0) is 10.0 Å². The van der Waals surface area contributed by atoms with Crippen LogP contribution in [0.1, 0.15) is 31.7 Å². The molecule has 0 aliphatic rings. The smallest absolute Gasteiger partial charge is 0.269 e. The molecule has 142 valence electrons. The molecule has 0 bridgehead atoms. The predicted octanol–water partition coefficient (Wildman–Crippen LogP) is 4.66. The first kappa shape index (κ1) is 19.2. The molecule has 0 saturated carbocycles. The number of nitrogens with zero attached hydrogens (tertiary/aromatic N) is 2. The number of hydrogen-bond donors (Lipinski definition) is 0. The third kappa shape index (κ3) is 4.39. The number of imidazole rings is 1. The van der Waals surface area contributed by atoms with E-state index in [-0.39, 0.29) is 4.90 Å². The Morgan fingerprint density at radius 2 is 1.70 bits per heavy atom. The summed E-state index contributed by atoms with van der Waals surface area (Å²) in [4.78, 5) is 4.49. The Hall–Kier alpha value is -2.60. The summed E-state index contributed by atoms with van der Waals surface area (Å²) in [5.74, 6) is 1.16. The van der Waals surface area contributed by atoms with Crippen molar-refractivity contribution in [2.45, 2.75) is 38.0 Å². The van der Waals surface area contributed by atoms with Gasteiger partial charge < -0.3 is 4.74 Å². The molecule has 5 nitrogen and oxygen atoms in total. The lowest BCUT2D eigenvalue weighted by Crippen LogP contribution is -2.13. The van der Waals surface area contributed by atoms with Crippen LogP contribution in [0.3, 0.4) is 0 Å². The van der Waals surface area contributed by atoms with E-state index in [1.807, 2.05) is 31.2 Å². The van der Waals surface area contributed by atoms with Gasteiger partial charge in [0.25, 0.3) is 10.0 Å². The number of aromatic nitrogens is 2. The fourth-order valence-corrected chi connectivity index (χ4v) is 4.06. The molecule has 0 aliphatic carbocycles. The van der Waals surface area contributed by atoms with Crippen LogP contribution in [0.4, 0.5) is 0 Å². The van der Waals surface area contributed by atoms with Crippen LogP contribution < -0.4 is 4.74 Å². The molecule has 0 unspecified atom stereocenters. The zero-order valence-electron chi connectivity index (χ0n) is 15.6. The number of rotatable bonds is 8. The van der Waals surface area contributed by atoms with Crippen LogP contribution in [0.5, 0.6) is 5.75 Å². The molecule has 0 N–H and O–H groups in total. The Kier molecular flexibility index (Phi) is 5.96.